The standard InChI is InChI=1S/C13H19NOS/c1-9-6-12(15-3)13(7-10(9)2)16-8-14-11-4-5-11/h6-7,11,14H,4-5,8H2,1-3H3. The van der Waals surface area contributed by atoms with Crippen molar-refractivity contribution in [3.05, 3.63) is 23.3 Å². The second-order valence-corrected chi connectivity index (χ2v) is 5.37. The predicted octanol–water partition coefficient (Wildman–Crippen LogP) is 3.11. The third-order valence-corrected chi connectivity index (χ3v) is 3.90. The van der Waals surface area contributed by atoms with E-state index in [9.17, 15) is 0 Å². The molecule has 0 aliphatic heterocycles. The molecule has 88 valence electrons. The van der Waals surface area contributed by atoms with Crippen molar-refractivity contribution in [3.8, 4) is 5.75 Å². The number of aryl methyl sites for hydroxylation is 2. The lowest BCUT2D eigenvalue weighted by molar-refractivity contribution is 0.404. The molecular weight excluding hydrogens is 218 g/mol. The first-order chi connectivity index (χ1) is 7.70. The Morgan fingerprint density at radius 2 is 2.00 bits per heavy atom. The first-order valence-electron chi connectivity index (χ1n) is 5.72. The molecule has 0 atom stereocenters. The maximum Gasteiger partial charge on any atom is 0.132 e. The van der Waals surface area contributed by atoms with Crippen LogP contribution in [0.15, 0.2) is 17.0 Å². The SMILES string of the molecule is COc1cc(C)c(C)cc1SCNC1CC1. The fraction of sp³-hybridized carbons (Fsp3) is 0.538. The molecule has 0 aromatic heterocycles. The molecule has 1 fully saturated rings. The highest BCUT2D eigenvalue weighted by Gasteiger charge is 2.20. The minimum absolute atomic E-state index is 0.769. The largest absolute Gasteiger partial charge is 0.496 e. The van der Waals surface area contributed by atoms with E-state index < -0.39 is 0 Å². The first-order valence-corrected chi connectivity index (χ1v) is 6.70. The number of rotatable bonds is 5. The molecule has 1 aliphatic carbocycles. The Morgan fingerprint density at radius 1 is 1.31 bits per heavy atom. The molecule has 2 rings (SSSR count). The molecule has 0 spiro atoms. The molecule has 16 heavy (non-hydrogen) atoms. The van der Waals surface area contributed by atoms with Gasteiger partial charge in [-0.1, -0.05) is 0 Å². The van der Waals surface area contributed by atoms with Gasteiger partial charge in [0.05, 0.1) is 12.0 Å². The van der Waals surface area contributed by atoms with Crippen LogP contribution in [0, 0.1) is 13.8 Å². The maximum absolute atomic E-state index is 5.41. The van der Waals surface area contributed by atoms with E-state index in [-0.39, 0.29) is 0 Å². The van der Waals surface area contributed by atoms with E-state index in [1.54, 1.807) is 7.11 Å². The Balaban J connectivity index is 2.01. The maximum atomic E-state index is 5.41. The van der Waals surface area contributed by atoms with Crippen molar-refractivity contribution in [3.63, 3.8) is 0 Å². The molecule has 1 aliphatic rings. The number of nitrogens with one attached hydrogen (secondary N) is 1. The van der Waals surface area contributed by atoms with Gasteiger partial charge < -0.3 is 10.1 Å². The highest BCUT2D eigenvalue weighted by molar-refractivity contribution is 7.99. The van der Waals surface area contributed by atoms with Crippen molar-refractivity contribution >= 4 is 11.8 Å². The summed E-state index contributed by atoms with van der Waals surface area (Å²) in [6.07, 6.45) is 2.68. The molecular formula is C13H19NOS. The van der Waals surface area contributed by atoms with Crippen LogP contribution in [0.1, 0.15) is 24.0 Å². The summed E-state index contributed by atoms with van der Waals surface area (Å²) in [5.74, 6) is 1.97. The van der Waals surface area contributed by atoms with Crippen LogP contribution in [0.3, 0.4) is 0 Å². The minimum Gasteiger partial charge on any atom is -0.496 e. The summed E-state index contributed by atoms with van der Waals surface area (Å²) in [5.41, 5.74) is 2.62. The number of ether oxygens (including phenoxy) is 1. The van der Waals surface area contributed by atoms with Gasteiger partial charge in [-0.3, -0.25) is 0 Å². The zero-order valence-electron chi connectivity index (χ0n) is 10.2. The van der Waals surface area contributed by atoms with Gasteiger partial charge in [-0.2, -0.15) is 0 Å². The molecule has 0 heterocycles. The zero-order chi connectivity index (χ0) is 11.5. The lowest BCUT2D eigenvalue weighted by Crippen LogP contribution is -2.14. The summed E-state index contributed by atoms with van der Waals surface area (Å²) in [7, 11) is 1.74. The lowest BCUT2D eigenvalue weighted by atomic mass is 10.1. The summed E-state index contributed by atoms with van der Waals surface area (Å²) in [5, 5.41) is 3.50. The van der Waals surface area contributed by atoms with Gasteiger partial charge in [0.25, 0.3) is 0 Å². The molecule has 1 N–H and O–H groups in total. The van der Waals surface area contributed by atoms with E-state index in [0.29, 0.717) is 0 Å². The summed E-state index contributed by atoms with van der Waals surface area (Å²) in [4.78, 5) is 1.23. The number of hydrogen-bond acceptors (Lipinski definition) is 3. The second-order valence-electron chi connectivity index (χ2n) is 4.35. The molecule has 0 radical (unpaired) electrons. The Bertz CT molecular complexity index is 374. The van der Waals surface area contributed by atoms with Crippen LogP contribution in [-0.2, 0) is 0 Å². The van der Waals surface area contributed by atoms with Crippen LogP contribution in [0.2, 0.25) is 0 Å². The van der Waals surface area contributed by atoms with Crippen molar-refractivity contribution in [2.75, 3.05) is 13.0 Å². The van der Waals surface area contributed by atoms with Crippen LogP contribution in [0.4, 0.5) is 0 Å². The number of thioether (sulfide) groups is 1. The topological polar surface area (TPSA) is 21.3 Å². The van der Waals surface area contributed by atoms with Crippen molar-refractivity contribution in [1.82, 2.24) is 5.32 Å². The van der Waals surface area contributed by atoms with Crippen molar-refractivity contribution < 1.29 is 4.74 Å². The molecule has 0 saturated heterocycles. The van der Waals surface area contributed by atoms with Crippen molar-refractivity contribution in [2.45, 2.75) is 37.6 Å². The number of hydrogen-bond donors (Lipinski definition) is 1. The van der Waals surface area contributed by atoms with E-state index in [0.717, 1.165) is 17.7 Å². The highest BCUT2D eigenvalue weighted by atomic mass is 32.2. The third-order valence-electron chi connectivity index (χ3n) is 2.96. The molecule has 1 aromatic rings. The van der Waals surface area contributed by atoms with Crippen molar-refractivity contribution in [1.29, 1.82) is 0 Å². The van der Waals surface area contributed by atoms with E-state index in [4.69, 9.17) is 4.74 Å². The Labute approximate surface area is 102 Å². The molecule has 1 aromatic carbocycles. The van der Waals surface area contributed by atoms with E-state index in [1.807, 2.05) is 11.8 Å². The molecule has 2 nitrogen and oxygen atoms in total. The van der Waals surface area contributed by atoms with Gasteiger partial charge in [-0.05, 0) is 49.9 Å². The van der Waals surface area contributed by atoms with Crippen molar-refractivity contribution in [2.24, 2.45) is 0 Å². The van der Waals surface area contributed by atoms with Crippen LogP contribution in [0.5, 0.6) is 5.75 Å². The van der Waals surface area contributed by atoms with Gasteiger partial charge in [0.15, 0.2) is 0 Å². The number of methoxy groups -OCH3 is 1. The minimum atomic E-state index is 0.769. The fourth-order valence-corrected chi connectivity index (χ4v) is 2.58. The first kappa shape index (κ1) is 11.8. The molecule has 0 unspecified atom stereocenters. The third kappa shape index (κ3) is 2.92. The van der Waals surface area contributed by atoms with E-state index >= 15 is 0 Å². The number of benzene rings is 1. The Kier molecular flexibility index (Phi) is 3.77. The molecule has 0 amide bonds. The average molecular weight is 237 g/mol. The highest BCUT2D eigenvalue weighted by Crippen LogP contribution is 2.32. The van der Waals surface area contributed by atoms with Gasteiger partial charge in [0.1, 0.15) is 5.75 Å². The average Bonchev–Trinajstić information content (AvgIpc) is 3.07. The summed E-state index contributed by atoms with van der Waals surface area (Å²) in [6, 6.07) is 5.10. The van der Waals surface area contributed by atoms with Gasteiger partial charge in [0, 0.05) is 11.9 Å². The second kappa shape index (κ2) is 5.11. The molecule has 3 heteroatoms. The van der Waals surface area contributed by atoms with Crippen LogP contribution >= 0.6 is 11.8 Å². The zero-order valence-corrected chi connectivity index (χ0v) is 11.0. The quantitative estimate of drug-likeness (QED) is 0.628. The van der Waals surface area contributed by atoms with Gasteiger partial charge in [-0.15, -0.1) is 11.8 Å². The van der Waals surface area contributed by atoms with E-state index in [1.165, 1.54) is 28.9 Å². The molecule has 0 bridgehead atoms. The summed E-state index contributed by atoms with van der Waals surface area (Å²) >= 11 is 1.83. The Morgan fingerprint density at radius 3 is 2.62 bits per heavy atom. The van der Waals surface area contributed by atoms with Crippen LogP contribution in [0.25, 0.3) is 0 Å². The monoisotopic (exact) mass is 237 g/mol. The summed E-state index contributed by atoms with van der Waals surface area (Å²) in [6.45, 7) is 4.27. The van der Waals surface area contributed by atoms with Crippen LogP contribution in [-0.4, -0.2) is 19.0 Å². The Hall–Kier alpha value is -0.670. The lowest BCUT2D eigenvalue weighted by Gasteiger charge is -2.11. The molecule has 1 saturated carbocycles. The van der Waals surface area contributed by atoms with Gasteiger partial charge in [-0.25, -0.2) is 0 Å². The normalized spacial score (nSPS) is 15.2. The smallest absolute Gasteiger partial charge is 0.132 e. The van der Waals surface area contributed by atoms with Gasteiger partial charge in [0.2, 0.25) is 0 Å². The van der Waals surface area contributed by atoms with Gasteiger partial charge >= 0.3 is 0 Å². The van der Waals surface area contributed by atoms with Crippen LogP contribution < -0.4 is 10.1 Å². The summed E-state index contributed by atoms with van der Waals surface area (Å²) < 4.78 is 5.41. The fourth-order valence-electron chi connectivity index (χ4n) is 1.56. The van der Waals surface area contributed by atoms with E-state index in [2.05, 4.69) is 31.3 Å². The predicted molar refractivity (Wildman–Crippen MR) is 69.3 cm³/mol.